The molecule has 0 amide bonds. The number of carbonyl (C=O) groups excluding carboxylic acids is 1. The van der Waals surface area contributed by atoms with E-state index >= 15 is 0 Å². The number of pyridine rings is 1. The van der Waals surface area contributed by atoms with Crippen LogP contribution in [0.25, 0.3) is 0 Å². The van der Waals surface area contributed by atoms with Crippen LogP contribution >= 0.6 is 0 Å². The first-order valence-electron chi connectivity index (χ1n) is 5.98. The summed E-state index contributed by atoms with van der Waals surface area (Å²) in [6.07, 6.45) is 3.09. The zero-order chi connectivity index (χ0) is 13.7. The molecule has 0 spiro atoms. The van der Waals surface area contributed by atoms with Crippen LogP contribution in [-0.4, -0.2) is 17.9 Å². The van der Waals surface area contributed by atoms with Gasteiger partial charge in [-0.05, 0) is 30.7 Å². The SMILES string of the molecule is Cc1ccc(CCOc2cc(F)ccc2C=O)cn1. The number of benzene rings is 1. The van der Waals surface area contributed by atoms with Gasteiger partial charge in [-0.1, -0.05) is 6.07 Å². The maximum atomic E-state index is 13.1. The van der Waals surface area contributed by atoms with Gasteiger partial charge in [0.05, 0.1) is 12.2 Å². The Balaban J connectivity index is 1.97. The quantitative estimate of drug-likeness (QED) is 0.775. The lowest BCUT2D eigenvalue weighted by molar-refractivity contribution is 0.111. The fourth-order valence-electron chi connectivity index (χ4n) is 1.66. The number of ether oxygens (including phenoxy) is 1. The smallest absolute Gasteiger partial charge is 0.153 e. The van der Waals surface area contributed by atoms with Crippen LogP contribution in [0.4, 0.5) is 4.39 Å². The molecule has 1 aromatic heterocycles. The molecule has 0 atom stereocenters. The summed E-state index contributed by atoms with van der Waals surface area (Å²) in [4.78, 5) is 15.0. The van der Waals surface area contributed by atoms with Gasteiger partial charge in [0, 0.05) is 24.4 Å². The predicted molar refractivity (Wildman–Crippen MR) is 70.0 cm³/mol. The second-order valence-electron chi connectivity index (χ2n) is 4.21. The topological polar surface area (TPSA) is 39.2 Å². The molecular formula is C15H14FNO2. The molecule has 98 valence electrons. The number of aldehydes is 1. The third-order valence-corrected chi connectivity index (χ3v) is 2.72. The molecule has 19 heavy (non-hydrogen) atoms. The Morgan fingerprint density at radius 1 is 1.32 bits per heavy atom. The predicted octanol–water partition coefficient (Wildman–Crippen LogP) is 2.96. The Kier molecular flexibility index (Phi) is 4.23. The largest absolute Gasteiger partial charge is 0.492 e. The van der Waals surface area contributed by atoms with Crippen molar-refractivity contribution in [2.75, 3.05) is 6.61 Å². The number of hydrogen-bond donors (Lipinski definition) is 0. The molecule has 0 unspecified atom stereocenters. The van der Waals surface area contributed by atoms with Crippen LogP contribution in [0, 0.1) is 12.7 Å². The van der Waals surface area contributed by atoms with Crippen LogP contribution in [0.3, 0.4) is 0 Å². The van der Waals surface area contributed by atoms with Gasteiger partial charge in [0.2, 0.25) is 0 Å². The normalized spacial score (nSPS) is 10.2. The van der Waals surface area contributed by atoms with Crippen molar-refractivity contribution in [3.05, 3.63) is 59.2 Å². The van der Waals surface area contributed by atoms with Crippen LogP contribution < -0.4 is 4.74 Å². The molecule has 4 heteroatoms. The Bertz CT molecular complexity index is 567. The van der Waals surface area contributed by atoms with E-state index < -0.39 is 5.82 Å². The van der Waals surface area contributed by atoms with Gasteiger partial charge in [0.15, 0.2) is 6.29 Å². The maximum absolute atomic E-state index is 13.1. The van der Waals surface area contributed by atoms with Gasteiger partial charge in [-0.25, -0.2) is 4.39 Å². The number of carbonyl (C=O) groups is 1. The number of hydrogen-bond acceptors (Lipinski definition) is 3. The molecular weight excluding hydrogens is 245 g/mol. The zero-order valence-corrected chi connectivity index (χ0v) is 10.6. The van der Waals surface area contributed by atoms with Gasteiger partial charge in [-0.15, -0.1) is 0 Å². The number of halogens is 1. The average molecular weight is 259 g/mol. The van der Waals surface area contributed by atoms with Crippen molar-refractivity contribution in [1.29, 1.82) is 0 Å². The third kappa shape index (κ3) is 3.61. The van der Waals surface area contributed by atoms with Crippen molar-refractivity contribution < 1.29 is 13.9 Å². The Morgan fingerprint density at radius 2 is 2.16 bits per heavy atom. The molecule has 0 saturated heterocycles. The van der Waals surface area contributed by atoms with Crippen molar-refractivity contribution in [3.63, 3.8) is 0 Å². The van der Waals surface area contributed by atoms with E-state index in [4.69, 9.17) is 4.74 Å². The van der Waals surface area contributed by atoms with Crippen molar-refractivity contribution in [2.24, 2.45) is 0 Å². The Labute approximate surface area is 111 Å². The summed E-state index contributed by atoms with van der Waals surface area (Å²) >= 11 is 0. The maximum Gasteiger partial charge on any atom is 0.153 e. The molecule has 2 rings (SSSR count). The van der Waals surface area contributed by atoms with E-state index in [9.17, 15) is 9.18 Å². The van der Waals surface area contributed by atoms with Crippen LogP contribution in [-0.2, 0) is 6.42 Å². The van der Waals surface area contributed by atoms with E-state index in [2.05, 4.69) is 4.98 Å². The van der Waals surface area contributed by atoms with Gasteiger partial charge in [-0.3, -0.25) is 9.78 Å². The van der Waals surface area contributed by atoms with Crippen LogP contribution in [0.15, 0.2) is 36.5 Å². The Morgan fingerprint density at radius 3 is 2.84 bits per heavy atom. The number of rotatable bonds is 5. The monoisotopic (exact) mass is 259 g/mol. The molecule has 1 aromatic carbocycles. The van der Waals surface area contributed by atoms with Crippen molar-refractivity contribution in [1.82, 2.24) is 4.98 Å². The molecule has 0 aliphatic rings. The fraction of sp³-hybridized carbons (Fsp3) is 0.200. The van der Waals surface area contributed by atoms with Crippen molar-refractivity contribution in [2.45, 2.75) is 13.3 Å². The second-order valence-corrected chi connectivity index (χ2v) is 4.21. The highest BCUT2D eigenvalue weighted by Crippen LogP contribution is 2.18. The van der Waals surface area contributed by atoms with Gasteiger partial charge in [-0.2, -0.15) is 0 Å². The lowest BCUT2D eigenvalue weighted by atomic mass is 10.2. The minimum Gasteiger partial charge on any atom is -0.492 e. The molecule has 0 aliphatic carbocycles. The minimum absolute atomic E-state index is 0.273. The van der Waals surface area contributed by atoms with Gasteiger partial charge in [0.25, 0.3) is 0 Å². The van der Waals surface area contributed by atoms with E-state index in [1.54, 1.807) is 6.20 Å². The average Bonchev–Trinajstić information content (AvgIpc) is 2.41. The van der Waals surface area contributed by atoms with E-state index in [1.165, 1.54) is 18.2 Å². The lowest BCUT2D eigenvalue weighted by Gasteiger charge is -2.08. The van der Waals surface area contributed by atoms with E-state index in [0.717, 1.165) is 11.3 Å². The van der Waals surface area contributed by atoms with Gasteiger partial charge in [0.1, 0.15) is 11.6 Å². The molecule has 0 saturated carbocycles. The van der Waals surface area contributed by atoms with Crippen molar-refractivity contribution >= 4 is 6.29 Å². The number of aromatic nitrogens is 1. The van der Waals surface area contributed by atoms with Crippen LogP contribution in [0.1, 0.15) is 21.6 Å². The Hall–Kier alpha value is -2.23. The molecule has 0 aliphatic heterocycles. The first kappa shape index (κ1) is 13.2. The summed E-state index contributed by atoms with van der Waals surface area (Å²) in [5, 5.41) is 0. The molecule has 0 radical (unpaired) electrons. The van der Waals surface area contributed by atoms with Gasteiger partial charge >= 0.3 is 0 Å². The van der Waals surface area contributed by atoms with Crippen LogP contribution in [0.5, 0.6) is 5.75 Å². The van der Waals surface area contributed by atoms with E-state index in [0.29, 0.717) is 24.9 Å². The lowest BCUT2D eigenvalue weighted by Crippen LogP contribution is -2.04. The fourth-order valence-corrected chi connectivity index (χ4v) is 1.66. The first-order valence-corrected chi connectivity index (χ1v) is 5.98. The molecule has 3 nitrogen and oxygen atoms in total. The summed E-state index contributed by atoms with van der Waals surface area (Å²) in [5.41, 5.74) is 2.34. The third-order valence-electron chi connectivity index (χ3n) is 2.72. The highest BCUT2D eigenvalue weighted by atomic mass is 19.1. The minimum atomic E-state index is -0.419. The summed E-state index contributed by atoms with van der Waals surface area (Å²) in [7, 11) is 0. The van der Waals surface area contributed by atoms with E-state index in [1.807, 2.05) is 19.1 Å². The number of aryl methyl sites for hydroxylation is 1. The number of nitrogens with zero attached hydrogens (tertiary/aromatic N) is 1. The molecule has 1 heterocycles. The van der Waals surface area contributed by atoms with E-state index in [-0.39, 0.29) is 5.75 Å². The molecule has 0 N–H and O–H groups in total. The molecule has 0 bridgehead atoms. The zero-order valence-electron chi connectivity index (χ0n) is 10.6. The summed E-state index contributed by atoms with van der Waals surface area (Å²) in [5.74, 6) is -0.146. The summed E-state index contributed by atoms with van der Waals surface area (Å²) in [6, 6.07) is 7.76. The highest BCUT2D eigenvalue weighted by Gasteiger charge is 2.04. The summed E-state index contributed by atoms with van der Waals surface area (Å²) in [6.45, 7) is 2.29. The first-order chi connectivity index (χ1) is 9.19. The van der Waals surface area contributed by atoms with Crippen LogP contribution in [0.2, 0.25) is 0 Å². The highest BCUT2D eigenvalue weighted by molar-refractivity contribution is 5.79. The molecule has 2 aromatic rings. The summed E-state index contributed by atoms with van der Waals surface area (Å²) < 4.78 is 18.5. The molecule has 0 fully saturated rings. The standard InChI is InChI=1S/C15H14FNO2/c1-11-2-3-12(9-17-11)6-7-19-15-8-14(16)5-4-13(15)10-18/h2-5,8-10H,6-7H2,1H3. The second kappa shape index (κ2) is 6.09. The van der Waals surface area contributed by atoms with Gasteiger partial charge < -0.3 is 4.74 Å². The van der Waals surface area contributed by atoms with Crippen molar-refractivity contribution in [3.8, 4) is 5.75 Å².